The Labute approximate surface area is 210 Å². The molecule has 1 aliphatic heterocycles. The highest BCUT2D eigenvalue weighted by Gasteiger charge is 2.33. The molecule has 1 N–H and O–H groups in total. The van der Waals surface area contributed by atoms with Crippen molar-refractivity contribution in [3.63, 3.8) is 0 Å². The summed E-state index contributed by atoms with van der Waals surface area (Å²) in [6, 6.07) is 16.2. The number of carbonyl (C=O) groups excluding carboxylic acids is 1. The number of fused-ring (bicyclic) bond motifs is 1. The summed E-state index contributed by atoms with van der Waals surface area (Å²) in [5.41, 5.74) is 3.71. The van der Waals surface area contributed by atoms with E-state index >= 15 is 0 Å². The molecule has 0 aromatic heterocycles. The number of amides is 1. The summed E-state index contributed by atoms with van der Waals surface area (Å²) < 4.78 is 28.0. The monoisotopic (exact) mass is 497 g/mol. The van der Waals surface area contributed by atoms with Gasteiger partial charge < -0.3 is 5.32 Å². The highest BCUT2D eigenvalue weighted by atomic mass is 32.2. The zero-order chi connectivity index (χ0) is 24.8. The van der Waals surface area contributed by atoms with Gasteiger partial charge in [-0.15, -0.1) is 0 Å². The fraction of sp³-hybridized carbons (Fsp3) is 0.536. The zero-order valence-electron chi connectivity index (χ0n) is 21.1. The minimum absolute atomic E-state index is 0.0461. The normalized spacial score (nSPS) is 17.9. The molecule has 0 bridgehead atoms. The molecule has 2 aromatic carbocycles. The van der Waals surface area contributed by atoms with Gasteiger partial charge in [0.25, 0.3) is 0 Å². The molecule has 0 spiro atoms. The molecule has 1 heterocycles. The number of rotatable bonds is 10. The summed E-state index contributed by atoms with van der Waals surface area (Å²) in [5, 5.41) is 3.19. The first-order valence-corrected chi connectivity index (χ1v) is 14.5. The van der Waals surface area contributed by atoms with Crippen LogP contribution in [0, 0.1) is 5.92 Å². The number of nitrogens with zero attached hydrogens (tertiary/aromatic N) is 2. The van der Waals surface area contributed by atoms with Gasteiger partial charge in [-0.1, -0.05) is 50.2 Å². The van der Waals surface area contributed by atoms with Gasteiger partial charge in [0.1, 0.15) is 0 Å². The van der Waals surface area contributed by atoms with Crippen LogP contribution in [0.25, 0.3) is 0 Å². The predicted molar refractivity (Wildman–Crippen MR) is 140 cm³/mol. The summed E-state index contributed by atoms with van der Waals surface area (Å²) in [6.07, 6.45) is 5.10. The minimum atomic E-state index is -3.52. The second-order valence-electron chi connectivity index (χ2n) is 9.77. The third-order valence-corrected chi connectivity index (χ3v) is 9.58. The molecule has 6 nitrogen and oxygen atoms in total. The second kappa shape index (κ2) is 11.7. The van der Waals surface area contributed by atoms with Crippen molar-refractivity contribution in [2.75, 3.05) is 32.7 Å². The predicted octanol–water partition coefficient (Wildman–Crippen LogP) is 3.65. The first-order chi connectivity index (χ1) is 16.9. The molecule has 190 valence electrons. The Hall–Kier alpha value is -2.22. The molecule has 1 unspecified atom stereocenters. The number of aryl methyl sites for hydroxylation is 2. The van der Waals surface area contributed by atoms with Gasteiger partial charge in [0.15, 0.2) is 0 Å². The van der Waals surface area contributed by atoms with Crippen molar-refractivity contribution in [3.8, 4) is 0 Å². The van der Waals surface area contributed by atoms with E-state index in [0.717, 1.165) is 38.8 Å². The van der Waals surface area contributed by atoms with Crippen LogP contribution in [0.1, 0.15) is 49.8 Å². The lowest BCUT2D eigenvalue weighted by Crippen LogP contribution is -2.48. The van der Waals surface area contributed by atoms with Gasteiger partial charge in [-0.25, -0.2) is 8.42 Å². The Morgan fingerprint density at radius 3 is 2.40 bits per heavy atom. The highest BCUT2D eigenvalue weighted by molar-refractivity contribution is 7.89. The molecular formula is C28H39N3O3S. The van der Waals surface area contributed by atoms with Gasteiger partial charge in [0.2, 0.25) is 15.9 Å². The molecule has 4 rings (SSSR count). The highest BCUT2D eigenvalue weighted by Crippen LogP contribution is 2.28. The van der Waals surface area contributed by atoms with Gasteiger partial charge >= 0.3 is 0 Å². The molecule has 0 radical (unpaired) electrons. The largest absolute Gasteiger partial charge is 0.354 e. The molecule has 0 saturated carbocycles. The zero-order valence-corrected chi connectivity index (χ0v) is 21.9. The summed E-state index contributed by atoms with van der Waals surface area (Å²) in [5.74, 6) is -0.0969. The molecule has 1 fully saturated rings. The quantitative estimate of drug-likeness (QED) is 0.544. The summed E-state index contributed by atoms with van der Waals surface area (Å²) in [6.45, 7) is 7.55. The number of carbonyl (C=O) groups is 1. The van der Waals surface area contributed by atoms with E-state index in [1.165, 1.54) is 16.7 Å². The maximum absolute atomic E-state index is 13.2. The van der Waals surface area contributed by atoms with E-state index in [4.69, 9.17) is 0 Å². The summed E-state index contributed by atoms with van der Waals surface area (Å²) >= 11 is 0. The molecule has 2 aliphatic rings. The SMILES string of the molecule is CCN(CC)C(CNC(=O)C1CCN(S(=O)(=O)c2ccc3c(c2)CCC3)CC1)Cc1ccccc1. The Bertz CT molecular complexity index is 1090. The molecule has 1 aliphatic carbocycles. The number of hydrogen-bond donors (Lipinski definition) is 1. The first-order valence-electron chi connectivity index (χ1n) is 13.1. The van der Waals surface area contributed by atoms with Crippen LogP contribution in [-0.2, 0) is 34.1 Å². The second-order valence-corrected chi connectivity index (χ2v) is 11.7. The van der Waals surface area contributed by atoms with Crippen molar-refractivity contribution < 1.29 is 13.2 Å². The van der Waals surface area contributed by atoms with E-state index in [-0.39, 0.29) is 17.9 Å². The van der Waals surface area contributed by atoms with E-state index in [2.05, 4.69) is 48.3 Å². The van der Waals surface area contributed by atoms with Crippen molar-refractivity contribution in [1.29, 1.82) is 0 Å². The van der Waals surface area contributed by atoms with E-state index < -0.39 is 10.0 Å². The smallest absolute Gasteiger partial charge is 0.243 e. The maximum Gasteiger partial charge on any atom is 0.243 e. The number of piperidine rings is 1. The number of nitrogens with one attached hydrogen (secondary N) is 1. The summed E-state index contributed by atoms with van der Waals surface area (Å²) in [4.78, 5) is 15.8. The van der Waals surface area contributed by atoms with Crippen LogP contribution in [0.15, 0.2) is 53.4 Å². The van der Waals surface area contributed by atoms with Crippen LogP contribution in [0.3, 0.4) is 0 Å². The van der Waals surface area contributed by atoms with Crippen LogP contribution in [0.2, 0.25) is 0 Å². The fourth-order valence-electron chi connectivity index (χ4n) is 5.54. The number of sulfonamides is 1. The topological polar surface area (TPSA) is 69.7 Å². The van der Waals surface area contributed by atoms with Crippen LogP contribution < -0.4 is 5.32 Å². The maximum atomic E-state index is 13.2. The Balaban J connectivity index is 1.32. The van der Waals surface area contributed by atoms with Crippen LogP contribution in [0.4, 0.5) is 0 Å². The molecule has 1 saturated heterocycles. The van der Waals surface area contributed by atoms with E-state index in [1.54, 1.807) is 10.4 Å². The van der Waals surface area contributed by atoms with Gasteiger partial charge in [-0.05, 0) is 80.4 Å². The van der Waals surface area contributed by atoms with Crippen molar-refractivity contribution in [2.45, 2.75) is 63.3 Å². The van der Waals surface area contributed by atoms with Gasteiger partial charge in [0.05, 0.1) is 4.90 Å². The Kier molecular flexibility index (Phi) is 8.63. The number of likely N-dealkylation sites (N-methyl/N-ethyl adjacent to an activating group) is 1. The molecule has 2 aromatic rings. The molecule has 35 heavy (non-hydrogen) atoms. The lowest BCUT2D eigenvalue weighted by molar-refractivity contribution is -0.126. The molecule has 7 heteroatoms. The average molecular weight is 498 g/mol. The number of hydrogen-bond acceptors (Lipinski definition) is 4. The van der Waals surface area contributed by atoms with E-state index in [9.17, 15) is 13.2 Å². The standard InChI is InChI=1S/C28H39N3O3S/c1-3-30(4-2)26(19-22-9-6-5-7-10-22)21-29-28(32)24-15-17-31(18-16-24)35(33,34)27-14-13-23-11-8-12-25(23)20-27/h5-7,9-10,13-14,20,24,26H,3-4,8,11-12,15-19,21H2,1-2H3,(H,29,32). The fourth-order valence-corrected chi connectivity index (χ4v) is 7.06. The van der Waals surface area contributed by atoms with Crippen molar-refractivity contribution in [2.24, 2.45) is 5.92 Å². The van der Waals surface area contributed by atoms with Crippen molar-refractivity contribution in [1.82, 2.24) is 14.5 Å². The van der Waals surface area contributed by atoms with Crippen molar-refractivity contribution >= 4 is 15.9 Å². The third-order valence-electron chi connectivity index (χ3n) is 7.69. The van der Waals surface area contributed by atoms with Crippen LogP contribution in [-0.4, -0.2) is 62.3 Å². The van der Waals surface area contributed by atoms with E-state index in [0.29, 0.717) is 37.4 Å². The van der Waals surface area contributed by atoms with Crippen LogP contribution >= 0.6 is 0 Å². The lowest BCUT2D eigenvalue weighted by Gasteiger charge is -2.33. The average Bonchev–Trinajstić information content (AvgIpc) is 3.36. The number of benzene rings is 2. The van der Waals surface area contributed by atoms with Gasteiger partial charge in [-0.3, -0.25) is 9.69 Å². The molecule has 1 atom stereocenters. The Morgan fingerprint density at radius 2 is 1.71 bits per heavy atom. The van der Waals surface area contributed by atoms with Gasteiger partial charge in [0, 0.05) is 31.6 Å². The lowest BCUT2D eigenvalue weighted by atomic mass is 9.97. The van der Waals surface area contributed by atoms with Gasteiger partial charge in [-0.2, -0.15) is 4.31 Å². The first kappa shape index (κ1) is 25.9. The van der Waals surface area contributed by atoms with E-state index in [1.807, 2.05) is 18.2 Å². The third kappa shape index (κ3) is 6.13. The van der Waals surface area contributed by atoms with Crippen LogP contribution in [0.5, 0.6) is 0 Å². The molecular weight excluding hydrogens is 458 g/mol. The minimum Gasteiger partial charge on any atom is -0.354 e. The molecule has 1 amide bonds. The summed E-state index contributed by atoms with van der Waals surface area (Å²) in [7, 11) is -3.52. The van der Waals surface area contributed by atoms with Crippen molar-refractivity contribution in [3.05, 3.63) is 65.2 Å². The Morgan fingerprint density at radius 1 is 1.03 bits per heavy atom.